The maximum absolute atomic E-state index is 12.3. The number of aromatic nitrogens is 4. The van der Waals surface area contributed by atoms with Crippen LogP contribution in [0.1, 0.15) is 12.8 Å². The highest BCUT2D eigenvalue weighted by atomic mass is 19.3. The molecular formula is C21H23F2N7O. The molecule has 0 unspecified atom stereocenters. The zero-order valence-corrected chi connectivity index (χ0v) is 16.8. The van der Waals surface area contributed by atoms with E-state index in [4.69, 9.17) is 9.40 Å². The normalized spacial score (nSPS) is 15.4. The Labute approximate surface area is 177 Å². The molecule has 0 aliphatic carbocycles. The van der Waals surface area contributed by atoms with Crippen LogP contribution in [0.5, 0.6) is 0 Å². The monoisotopic (exact) mass is 427 g/mol. The molecule has 1 saturated heterocycles. The van der Waals surface area contributed by atoms with E-state index in [2.05, 4.69) is 30.7 Å². The topological polar surface area (TPSA) is 94.9 Å². The number of nitrogens with one attached hydrogen (secondary N) is 3. The summed E-state index contributed by atoms with van der Waals surface area (Å²) in [6, 6.07) is 7.72. The number of hydrogen-bond acceptors (Lipinski definition) is 7. The predicted molar refractivity (Wildman–Crippen MR) is 115 cm³/mol. The third kappa shape index (κ3) is 4.29. The Balaban J connectivity index is 1.32. The van der Waals surface area contributed by atoms with Gasteiger partial charge in [-0.05, 0) is 43.5 Å². The van der Waals surface area contributed by atoms with Crippen molar-refractivity contribution in [2.75, 3.05) is 36.4 Å². The van der Waals surface area contributed by atoms with Crippen LogP contribution in [0, 0.1) is 5.92 Å². The van der Waals surface area contributed by atoms with Crippen molar-refractivity contribution in [3.8, 4) is 0 Å². The van der Waals surface area contributed by atoms with E-state index < -0.39 is 6.43 Å². The summed E-state index contributed by atoms with van der Waals surface area (Å²) in [5, 5.41) is 14.2. The number of aromatic amines is 1. The van der Waals surface area contributed by atoms with Crippen LogP contribution in [0.3, 0.4) is 0 Å². The summed E-state index contributed by atoms with van der Waals surface area (Å²) in [5.74, 6) is 1.62. The average Bonchev–Trinajstić information content (AvgIpc) is 3.42. The Hall–Kier alpha value is -3.27. The van der Waals surface area contributed by atoms with Crippen LogP contribution in [-0.4, -0.2) is 52.8 Å². The lowest BCUT2D eigenvalue weighted by atomic mass is 9.97. The molecule has 162 valence electrons. The molecule has 5 rings (SSSR count). The molecule has 0 saturated carbocycles. The summed E-state index contributed by atoms with van der Waals surface area (Å²) in [6.07, 6.45) is 2.89. The Bertz CT molecular complexity index is 1170. The van der Waals surface area contributed by atoms with Gasteiger partial charge in [-0.2, -0.15) is 10.1 Å². The smallest absolute Gasteiger partial charge is 0.250 e. The highest BCUT2D eigenvalue weighted by molar-refractivity contribution is 5.86. The number of fused-ring (bicyclic) bond motifs is 2. The van der Waals surface area contributed by atoms with E-state index in [1.807, 2.05) is 24.3 Å². The van der Waals surface area contributed by atoms with E-state index in [-0.39, 0.29) is 6.54 Å². The number of furan rings is 1. The van der Waals surface area contributed by atoms with Crippen LogP contribution in [0.25, 0.3) is 22.0 Å². The van der Waals surface area contributed by atoms with E-state index in [0.29, 0.717) is 24.0 Å². The lowest BCUT2D eigenvalue weighted by Gasteiger charge is -2.33. The molecule has 0 spiro atoms. The SMILES string of the molecule is FC(F)CNCC1CCN(c2nc(Nc3ccc4cn[nH]c4c3)nc3ccoc23)CC1. The van der Waals surface area contributed by atoms with Crippen molar-refractivity contribution in [1.29, 1.82) is 0 Å². The van der Waals surface area contributed by atoms with Crippen molar-refractivity contribution >= 4 is 39.5 Å². The summed E-state index contributed by atoms with van der Waals surface area (Å²) in [4.78, 5) is 11.5. The second-order valence-corrected chi connectivity index (χ2v) is 7.78. The fourth-order valence-electron chi connectivity index (χ4n) is 4.01. The minimum absolute atomic E-state index is 0.251. The summed E-state index contributed by atoms with van der Waals surface area (Å²) >= 11 is 0. The fourth-order valence-corrected chi connectivity index (χ4v) is 4.01. The first kappa shape index (κ1) is 19.7. The van der Waals surface area contributed by atoms with Gasteiger partial charge in [-0.3, -0.25) is 5.10 Å². The van der Waals surface area contributed by atoms with Crippen LogP contribution in [0.4, 0.5) is 26.2 Å². The fraction of sp³-hybridized carbons (Fsp3) is 0.381. The van der Waals surface area contributed by atoms with Gasteiger partial charge in [0.05, 0.1) is 24.5 Å². The van der Waals surface area contributed by atoms with Gasteiger partial charge in [0, 0.05) is 30.2 Å². The van der Waals surface area contributed by atoms with Crippen LogP contribution in [-0.2, 0) is 0 Å². The first-order chi connectivity index (χ1) is 15.2. The van der Waals surface area contributed by atoms with Crippen molar-refractivity contribution in [2.24, 2.45) is 5.92 Å². The molecule has 4 aromatic rings. The van der Waals surface area contributed by atoms with Gasteiger partial charge in [0.2, 0.25) is 5.95 Å². The van der Waals surface area contributed by atoms with Gasteiger partial charge in [0.1, 0.15) is 5.52 Å². The number of benzene rings is 1. The first-order valence-corrected chi connectivity index (χ1v) is 10.3. The van der Waals surface area contributed by atoms with Gasteiger partial charge in [-0.25, -0.2) is 13.8 Å². The van der Waals surface area contributed by atoms with Crippen molar-refractivity contribution in [3.05, 3.63) is 36.7 Å². The molecule has 10 heteroatoms. The minimum Gasteiger partial charge on any atom is -0.459 e. The van der Waals surface area contributed by atoms with Crippen molar-refractivity contribution in [3.63, 3.8) is 0 Å². The molecule has 4 heterocycles. The number of anilines is 3. The number of halogens is 2. The summed E-state index contributed by atoms with van der Waals surface area (Å²) in [5.41, 5.74) is 3.17. The van der Waals surface area contributed by atoms with Crippen LogP contribution >= 0.6 is 0 Å². The third-order valence-corrected chi connectivity index (χ3v) is 5.63. The van der Waals surface area contributed by atoms with Gasteiger partial charge in [-0.15, -0.1) is 0 Å². The standard InChI is InChI=1S/C21H23F2N7O/c22-18(23)12-24-10-13-3-6-30(7-4-13)20-19-16(5-8-31-19)27-21(28-20)26-15-2-1-14-11-25-29-17(14)9-15/h1-2,5,8-9,11,13,18,24H,3-4,6-7,10,12H2,(H,25,29)(H,26,27,28). The number of alkyl halides is 2. The molecule has 0 radical (unpaired) electrons. The van der Waals surface area contributed by atoms with E-state index in [1.165, 1.54) is 0 Å². The second kappa shape index (κ2) is 8.46. The van der Waals surface area contributed by atoms with E-state index >= 15 is 0 Å². The first-order valence-electron chi connectivity index (χ1n) is 10.3. The van der Waals surface area contributed by atoms with Crippen molar-refractivity contribution in [1.82, 2.24) is 25.5 Å². The number of H-pyrrole nitrogens is 1. The second-order valence-electron chi connectivity index (χ2n) is 7.78. The Kier molecular flexibility index (Phi) is 5.37. The maximum atomic E-state index is 12.3. The Morgan fingerprint density at radius 3 is 2.90 bits per heavy atom. The van der Waals surface area contributed by atoms with Crippen LogP contribution < -0.4 is 15.5 Å². The summed E-state index contributed by atoms with van der Waals surface area (Å²) < 4.78 is 30.3. The minimum atomic E-state index is -2.31. The molecule has 3 aromatic heterocycles. The van der Waals surface area contributed by atoms with E-state index in [1.54, 1.807) is 12.5 Å². The molecule has 1 fully saturated rings. The van der Waals surface area contributed by atoms with Gasteiger partial charge >= 0.3 is 0 Å². The number of nitrogens with zero attached hydrogens (tertiary/aromatic N) is 4. The summed E-state index contributed by atoms with van der Waals surface area (Å²) in [6.45, 7) is 1.93. The molecule has 1 aliphatic rings. The number of rotatable bonds is 7. The van der Waals surface area contributed by atoms with Gasteiger partial charge < -0.3 is 20.0 Å². The Morgan fingerprint density at radius 1 is 1.19 bits per heavy atom. The van der Waals surface area contributed by atoms with Gasteiger partial charge in [-0.1, -0.05) is 0 Å². The van der Waals surface area contributed by atoms with Crippen molar-refractivity contribution in [2.45, 2.75) is 19.3 Å². The molecule has 1 aromatic carbocycles. The maximum Gasteiger partial charge on any atom is 0.250 e. The third-order valence-electron chi connectivity index (χ3n) is 5.63. The molecule has 3 N–H and O–H groups in total. The highest BCUT2D eigenvalue weighted by Crippen LogP contribution is 2.30. The van der Waals surface area contributed by atoms with Gasteiger partial charge in [0.15, 0.2) is 11.4 Å². The average molecular weight is 427 g/mol. The van der Waals surface area contributed by atoms with Crippen molar-refractivity contribution < 1.29 is 13.2 Å². The summed E-state index contributed by atoms with van der Waals surface area (Å²) in [7, 11) is 0. The molecule has 1 aliphatic heterocycles. The molecule has 8 nitrogen and oxygen atoms in total. The molecular weight excluding hydrogens is 404 g/mol. The number of piperidine rings is 1. The zero-order chi connectivity index (χ0) is 21.2. The molecule has 0 atom stereocenters. The van der Waals surface area contributed by atoms with E-state index in [0.717, 1.165) is 53.9 Å². The zero-order valence-electron chi connectivity index (χ0n) is 16.8. The molecule has 0 amide bonds. The van der Waals surface area contributed by atoms with E-state index in [9.17, 15) is 8.78 Å². The largest absolute Gasteiger partial charge is 0.459 e. The molecule has 31 heavy (non-hydrogen) atoms. The quantitative estimate of drug-likeness (QED) is 0.412. The lowest BCUT2D eigenvalue weighted by Crippen LogP contribution is -2.38. The van der Waals surface area contributed by atoms with Gasteiger partial charge in [0.25, 0.3) is 6.43 Å². The van der Waals surface area contributed by atoms with Crippen LogP contribution in [0.2, 0.25) is 0 Å². The highest BCUT2D eigenvalue weighted by Gasteiger charge is 2.24. The Morgan fingerprint density at radius 2 is 2.06 bits per heavy atom. The van der Waals surface area contributed by atoms with Crippen LogP contribution in [0.15, 0.2) is 41.1 Å². The number of hydrogen-bond donors (Lipinski definition) is 3. The lowest BCUT2D eigenvalue weighted by molar-refractivity contribution is 0.143. The predicted octanol–water partition coefficient (Wildman–Crippen LogP) is 3.91. The molecule has 0 bridgehead atoms.